The van der Waals surface area contributed by atoms with E-state index in [1.807, 2.05) is 6.20 Å². The zero-order valence-electron chi connectivity index (χ0n) is 12.8. The zero-order valence-corrected chi connectivity index (χ0v) is 14.4. The van der Waals surface area contributed by atoms with E-state index in [0.717, 1.165) is 24.6 Å². The van der Waals surface area contributed by atoms with Crippen LogP contribution in [0, 0.1) is 5.92 Å². The predicted octanol–water partition coefficient (Wildman–Crippen LogP) is 3.97. The van der Waals surface area contributed by atoms with Gasteiger partial charge in [0.25, 0.3) is 0 Å². The number of carbonyl (C=O) groups is 1. The molecule has 2 unspecified atom stereocenters. The Hall–Kier alpha value is -1.26. The molecule has 2 aromatic rings. The largest absolute Gasteiger partial charge is 0.339 e. The minimum Gasteiger partial charge on any atom is -0.339 e. The van der Waals surface area contributed by atoms with Crippen molar-refractivity contribution in [1.29, 1.82) is 0 Å². The fourth-order valence-electron chi connectivity index (χ4n) is 3.94. The number of hydrogen-bond acceptors (Lipinski definition) is 2. The van der Waals surface area contributed by atoms with Crippen molar-refractivity contribution in [1.82, 2.24) is 14.3 Å². The number of nitrogens with zero attached hydrogens (tertiary/aromatic N) is 3. The highest BCUT2D eigenvalue weighted by Gasteiger charge is 2.41. The molecule has 6 heteroatoms. The van der Waals surface area contributed by atoms with Gasteiger partial charge in [-0.25, -0.2) is 4.98 Å². The summed E-state index contributed by atoms with van der Waals surface area (Å²) in [7, 11) is 0. The number of rotatable bonds is 2. The molecule has 4 rings (SSSR count). The van der Waals surface area contributed by atoms with Crippen LogP contribution < -0.4 is 0 Å². The highest BCUT2D eigenvalue weighted by atomic mass is 35.5. The Balaban J connectivity index is 1.50. The molecule has 1 amide bonds. The van der Waals surface area contributed by atoms with Gasteiger partial charge in [-0.3, -0.25) is 4.79 Å². The molecule has 23 heavy (non-hydrogen) atoms. The quantitative estimate of drug-likeness (QED) is 0.820. The van der Waals surface area contributed by atoms with Crippen LogP contribution in [0.3, 0.4) is 0 Å². The average molecular weight is 352 g/mol. The molecule has 4 nitrogen and oxygen atoms in total. The summed E-state index contributed by atoms with van der Waals surface area (Å²) >= 11 is 12.2. The molecule has 0 aromatic carbocycles. The van der Waals surface area contributed by atoms with Gasteiger partial charge in [-0.1, -0.05) is 42.5 Å². The van der Waals surface area contributed by atoms with E-state index in [2.05, 4.69) is 9.88 Å². The highest BCUT2D eigenvalue weighted by molar-refractivity contribution is 6.36. The van der Waals surface area contributed by atoms with Crippen LogP contribution in [0.2, 0.25) is 10.0 Å². The predicted molar refractivity (Wildman–Crippen MR) is 91.0 cm³/mol. The monoisotopic (exact) mass is 351 g/mol. The number of halogens is 2. The molecule has 2 fully saturated rings. The highest BCUT2D eigenvalue weighted by Crippen LogP contribution is 2.36. The lowest BCUT2D eigenvalue weighted by Gasteiger charge is -2.47. The molecule has 1 aliphatic carbocycles. The van der Waals surface area contributed by atoms with Gasteiger partial charge in [-0.2, -0.15) is 0 Å². The third kappa shape index (κ3) is 2.83. The summed E-state index contributed by atoms with van der Waals surface area (Å²) in [6.45, 7) is 0.920. The van der Waals surface area contributed by atoms with E-state index in [0.29, 0.717) is 28.2 Å². The summed E-state index contributed by atoms with van der Waals surface area (Å²) in [5.74, 6) is 0.898. The third-order valence-corrected chi connectivity index (χ3v) is 5.61. The molecule has 1 aliphatic heterocycles. The first-order valence-corrected chi connectivity index (χ1v) is 8.99. The molecule has 1 saturated carbocycles. The normalized spacial score (nSPS) is 24.2. The first kappa shape index (κ1) is 15.3. The molecule has 0 radical (unpaired) electrons. The Labute approximate surface area is 145 Å². The molecular formula is C17H19Cl2N3O. The van der Waals surface area contributed by atoms with Crippen molar-refractivity contribution in [2.45, 2.75) is 44.6 Å². The summed E-state index contributed by atoms with van der Waals surface area (Å²) in [6, 6.07) is 2.13. The fraction of sp³-hybridized carbons (Fsp3) is 0.529. The zero-order chi connectivity index (χ0) is 16.0. The summed E-state index contributed by atoms with van der Waals surface area (Å²) < 4.78 is 1.79. The van der Waals surface area contributed by atoms with Gasteiger partial charge in [0.05, 0.1) is 22.2 Å². The Morgan fingerprint density at radius 3 is 2.91 bits per heavy atom. The van der Waals surface area contributed by atoms with Gasteiger partial charge in [0.15, 0.2) is 5.65 Å². The Bertz CT molecular complexity index is 758. The smallest absolute Gasteiger partial charge is 0.228 e. The number of hydrogen-bond donors (Lipinski definition) is 0. The van der Waals surface area contributed by atoms with Gasteiger partial charge >= 0.3 is 0 Å². The van der Waals surface area contributed by atoms with Gasteiger partial charge in [-0.15, -0.1) is 0 Å². The topological polar surface area (TPSA) is 37.6 Å². The lowest BCUT2D eigenvalue weighted by Crippen LogP contribution is -2.58. The van der Waals surface area contributed by atoms with E-state index in [1.165, 1.54) is 25.7 Å². The molecule has 1 saturated heterocycles. The van der Waals surface area contributed by atoms with E-state index in [4.69, 9.17) is 23.2 Å². The van der Waals surface area contributed by atoms with Crippen molar-refractivity contribution in [3.8, 4) is 0 Å². The van der Waals surface area contributed by atoms with Gasteiger partial charge in [-0.05, 0) is 24.8 Å². The number of imidazole rings is 1. The van der Waals surface area contributed by atoms with Crippen molar-refractivity contribution < 1.29 is 4.79 Å². The molecule has 2 aromatic heterocycles. The van der Waals surface area contributed by atoms with Crippen LogP contribution in [0.1, 0.15) is 37.8 Å². The number of amides is 1. The van der Waals surface area contributed by atoms with Crippen molar-refractivity contribution in [3.63, 3.8) is 0 Å². The summed E-state index contributed by atoms with van der Waals surface area (Å²) in [4.78, 5) is 19.1. The second kappa shape index (κ2) is 5.99. The number of aromatic nitrogens is 2. The van der Waals surface area contributed by atoms with Gasteiger partial charge < -0.3 is 9.30 Å². The lowest BCUT2D eigenvalue weighted by molar-refractivity contribution is -0.143. The Kier molecular flexibility index (Phi) is 3.98. The number of likely N-dealkylation sites (tertiary alicyclic amines) is 1. The molecule has 2 aliphatic rings. The molecule has 2 atom stereocenters. The van der Waals surface area contributed by atoms with E-state index in [-0.39, 0.29) is 5.91 Å². The number of pyridine rings is 1. The molecule has 122 valence electrons. The molecule has 0 spiro atoms. The van der Waals surface area contributed by atoms with Gasteiger partial charge in [0.1, 0.15) is 0 Å². The molecule has 0 bridgehead atoms. The Morgan fingerprint density at radius 1 is 1.22 bits per heavy atom. The van der Waals surface area contributed by atoms with Crippen molar-refractivity contribution in [2.75, 3.05) is 6.54 Å². The van der Waals surface area contributed by atoms with Crippen LogP contribution in [-0.4, -0.2) is 32.8 Å². The van der Waals surface area contributed by atoms with E-state index >= 15 is 0 Å². The van der Waals surface area contributed by atoms with Crippen LogP contribution in [-0.2, 0) is 11.2 Å². The van der Waals surface area contributed by atoms with Gasteiger partial charge in [0.2, 0.25) is 5.91 Å². The second-order valence-corrected chi connectivity index (χ2v) is 7.50. The average Bonchev–Trinajstić information content (AvgIpc) is 2.77. The van der Waals surface area contributed by atoms with Crippen LogP contribution in [0.5, 0.6) is 0 Å². The van der Waals surface area contributed by atoms with E-state index in [9.17, 15) is 4.79 Å². The van der Waals surface area contributed by atoms with Crippen molar-refractivity contribution in [3.05, 3.63) is 34.2 Å². The summed E-state index contributed by atoms with van der Waals surface area (Å²) in [5.41, 5.74) is 1.39. The maximum Gasteiger partial charge on any atom is 0.228 e. The SMILES string of the molecule is O=C(Cc1cn2cc(Cl)cc(Cl)c2n1)N1CC2CCCCCC21. The summed E-state index contributed by atoms with van der Waals surface area (Å²) in [6.07, 6.45) is 10.2. The van der Waals surface area contributed by atoms with Crippen LogP contribution in [0.15, 0.2) is 18.5 Å². The van der Waals surface area contributed by atoms with Crippen LogP contribution in [0.4, 0.5) is 0 Å². The number of fused-ring (bicyclic) bond motifs is 2. The van der Waals surface area contributed by atoms with Crippen LogP contribution >= 0.6 is 23.2 Å². The maximum absolute atomic E-state index is 12.6. The minimum atomic E-state index is 0.179. The van der Waals surface area contributed by atoms with Crippen molar-refractivity contribution >= 4 is 34.8 Å². The van der Waals surface area contributed by atoms with Crippen molar-refractivity contribution in [2.24, 2.45) is 5.92 Å². The third-order valence-electron chi connectivity index (χ3n) is 5.13. The molecule has 3 heterocycles. The standard InChI is InChI=1S/C17H19Cl2N3O/c18-12-6-14(19)17-20-13(10-21(17)9-12)7-16(23)22-8-11-4-2-1-3-5-15(11)22/h6,9-11,15H,1-5,7-8H2. The van der Waals surface area contributed by atoms with E-state index in [1.54, 1.807) is 16.7 Å². The van der Waals surface area contributed by atoms with Crippen LogP contribution in [0.25, 0.3) is 5.65 Å². The van der Waals surface area contributed by atoms with E-state index < -0.39 is 0 Å². The lowest BCUT2D eigenvalue weighted by atomic mass is 9.84. The summed E-state index contributed by atoms with van der Waals surface area (Å²) in [5, 5.41) is 1.06. The first-order chi connectivity index (χ1) is 11.1. The first-order valence-electron chi connectivity index (χ1n) is 8.24. The minimum absolute atomic E-state index is 0.179. The molecular weight excluding hydrogens is 333 g/mol. The maximum atomic E-state index is 12.6. The second-order valence-electron chi connectivity index (χ2n) is 6.66. The molecule has 0 N–H and O–H groups in total. The Morgan fingerprint density at radius 2 is 2.04 bits per heavy atom. The van der Waals surface area contributed by atoms with Gasteiger partial charge in [0, 0.05) is 25.0 Å². The fourth-order valence-corrected chi connectivity index (χ4v) is 4.47. The number of carbonyl (C=O) groups excluding carboxylic acids is 1.